The monoisotopic (exact) mass is 746 g/mol. The Morgan fingerprint density at radius 3 is 2.47 bits per heavy atom. The van der Waals surface area contributed by atoms with E-state index in [1.54, 1.807) is 0 Å². The molecular weight excluding hydrogens is 697 g/mol. The Hall–Kier alpha value is -4.39. The number of benzene rings is 2. The van der Waals surface area contributed by atoms with Crippen LogP contribution in [0.5, 0.6) is 5.75 Å². The lowest BCUT2D eigenvalue weighted by molar-refractivity contribution is -0.142. The minimum absolute atomic E-state index is 0.0513. The zero-order valence-electron chi connectivity index (χ0n) is 30.1. The number of rotatable bonds is 7. The number of hydrogen-bond acceptors (Lipinski definition) is 8. The molecule has 2 bridgehead atoms. The van der Waals surface area contributed by atoms with E-state index in [1.165, 1.54) is 11.0 Å². The number of allylic oxidation sites excluding steroid dienone is 1. The highest BCUT2D eigenvalue weighted by molar-refractivity contribution is 7.91. The largest absolute Gasteiger partial charge is 0.488 e. The number of nitrogens with zero attached hydrogens (tertiary/aromatic N) is 1. The molecule has 0 radical (unpaired) electrons. The first-order chi connectivity index (χ1) is 25.5. The lowest BCUT2D eigenvalue weighted by Crippen LogP contribution is -2.59. The normalized spacial score (nSPS) is 28.8. The fraction of sp³-hybridized carbons (Fsp3) is 0.550. The molecule has 4 amide bonds. The maximum absolute atomic E-state index is 14.7. The smallest absolute Gasteiger partial charge is 0.407 e. The first-order valence-corrected chi connectivity index (χ1v) is 20.7. The van der Waals surface area contributed by atoms with Gasteiger partial charge in [-0.25, -0.2) is 13.2 Å². The molecule has 2 aromatic rings. The van der Waals surface area contributed by atoms with Crippen LogP contribution in [0.1, 0.15) is 89.0 Å². The Kier molecular flexibility index (Phi) is 10.6. The summed E-state index contributed by atoms with van der Waals surface area (Å²) in [4.78, 5) is 57.3. The first-order valence-electron chi connectivity index (χ1n) is 19.1. The number of alkyl carbamates (subject to hydrolysis) is 1. The van der Waals surface area contributed by atoms with E-state index in [-0.39, 0.29) is 31.9 Å². The van der Waals surface area contributed by atoms with Crippen LogP contribution >= 0.6 is 0 Å². The number of carbonyl (C=O) groups is 4. The highest BCUT2D eigenvalue weighted by atomic mass is 32.2. The van der Waals surface area contributed by atoms with Crippen molar-refractivity contribution in [2.24, 2.45) is 11.8 Å². The summed E-state index contributed by atoms with van der Waals surface area (Å²) in [5, 5.41) is 7.12. The number of sulfonamides is 1. The van der Waals surface area contributed by atoms with Gasteiger partial charge in [-0.3, -0.25) is 19.1 Å². The molecule has 2 aliphatic heterocycles. The summed E-state index contributed by atoms with van der Waals surface area (Å²) in [7, 11) is -3.88. The summed E-state index contributed by atoms with van der Waals surface area (Å²) < 4.78 is 40.0. The van der Waals surface area contributed by atoms with Crippen LogP contribution < -0.4 is 20.1 Å². The second-order valence-corrected chi connectivity index (χ2v) is 17.4. The van der Waals surface area contributed by atoms with E-state index < -0.39 is 68.7 Å². The van der Waals surface area contributed by atoms with Gasteiger partial charge >= 0.3 is 6.09 Å². The van der Waals surface area contributed by atoms with Crippen molar-refractivity contribution in [3.63, 3.8) is 0 Å². The van der Waals surface area contributed by atoms with Crippen LogP contribution in [-0.2, 0) is 29.1 Å². The lowest BCUT2D eigenvalue weighted by atomic mass is 9.83. The molecule has 7 rings (SSSR count). The van der Waals surface area contributed by atoms with Gasteiger partial charge in [0.25, 0.3) is 5.91 Å². The SMILES string of the molecule is C=C[C@@H]1C[C@]1(NC(=O)[C@@H]1C[C@@H]2CN1C(=O)C(C1CCCCC1)NC(=O)OCCCCCC(=C)c1c(ccc3ccccc13)O2)C(=O)NS(=O)(=O)C1CC1. The van der Waals surface area contributed by atoms with Gasteiger partial charge in [-0.1, -0.05) is 62.2 Å². The molecule has 3 N–H and O–H groups in total. The summed E-state index contributed by atoms with van der Waals surface area (Å²) in [5.74, 6) is -1.87. The van der Waals surface area contributed by atoms with Gasteiger partial charge in [0.15, 0.2) is 0 Å². The van der Waals surface area contributed by atoms with E-state index in [2.05, 4.69) is 28.5 Å². The van der Waals surface area contributed by atoms with Gasteiger partial charge in [-0.05, 0) is 86.1 Å². The van der Waals surface area contributed by atoms with Crippen molar-refractivity contribution in [1.82, 2.24) is 20.3 Å². The number of nitrogens with one attached hydrogen (secondary N) is 3. The molecule has 0 aromatic heterocycles. The van der Waals surface area contributed by atoms with Gasteiger partial charge < -0.3 is 25.0 Å². The summed E-state index contributed by atoms with van der Waals surface area (Å²) >= 11 is 0. The van der Waals surface area contributed by atoms with E-state index in [4.69, 9.17) is 9.47 Å². The van der Waals surface area contributed by atoms with Crippen molar-refractivity contribution in [2.75, 3.05) is 13.2 Å². The Bertz CT molecular complexity index is 1900. The molecule has 13 heteroatoms. The molecule has 3 aliphatic carbocycles. The minimum atomic E-state index is -3.88. The molecule has 2 aromatic carbocycles. The molecule has 4 fully saturated rings. The number of carbonyl (C=O) groups excluding carboxylic acids is 4. The van der Waals surface area contributed by atoms with Crippen LogP contribution in [-0.4, -0.2) is 79.3 Å². The molecule has 0 spiro atoms. The van der Waals surface area contributed by atoms with E-state index in [0.29, 0.717) is 31.4 Å². The molecule has 12 nitrogen and oxygen atoms in total. The Labute approximate surface area is 311 Å². The minimum Gasteiger partial charge on any atom is -0.488 e. The topological polar surface area (TPSA) is 160 Å². The van der Waals surface area contributed by atoms with Gasteiger partial charge in [0.2, 0.25) is 21.8 Å². The molecule has 53 heavy (non-hydrogen) atoms. The summed E-state index contributed by atoms with van der Waals surface area (Å²) in [6, 6.07) is 9.91. The van der Waals surface area contributed by atoms with E-state index in [0.717, 1.165) is 66.9 Å². The fourth-order valence-electron chi connectivity index (χ4n) is 8.39. The summed E-state index contributed by atoms with van der Waals surface area (Å²) in [6.07, 6.45) is 8.83. The maximum atomic E-state index is 14.7. The molecule has 1 saturated heterocycles. The standard InChI is InChI=1S/C40H50N4O8S/c1-3-28-23-40(28,38(47)43-53(49,50)30-18-19-30)42-36(45)32-22-29-24-44(32)37(46)35(27-14-7-4-8-15-27)41-39(48)51-21-11-5-6-12-25(2)34-31-16-10-9-13-26(31)17-20-33(34)52-29/h3,9-10,13,16-17,20,27-30,32,35H,1-2,4-8,11-12,14-15,18-19,21-24H2,(H,41,48)(H,42,45)(H,43,47)/t28-,29-,32+,35?,40-/m1/s1. The number of hydrogen-bond donors (Lipinski definition) is 3. The van der Waals surface area contributed by atoms with Crippen LogP contribution in [0.25, 0.3) is 16.3 Å². The molecular formula is C40H50N4O8S. The van der Waals surface area contributed by atoms with Gasteiger partial charge in [0.05, 0.1) is 18.4 Å². The third kappa shape index (κ3) is 7.81. The number of amides is 4. The van der Waals surface area contributed by atoms with Crippen LogP contribution in [0, 0.1) is 11.8 Å². The van der Waals surface area contributed by atoms with Crippen molar-refractivity contribution in [2.45, 2.75) is 112 Å². The Morgan fingerprint density at radius 2 is 1.74 bits per heavy atom. The zero-order chi connectivity index (χ0) is 37.3. The molecule has 3 saturated carbocycles. The average molecular weight is 747 g/mol. The van der Waals surface area contributed by atoms with E-state index >= 15 is 0 Å². The Balaban J connectivity index is 1.22. The van der Waals surface area contributed by atoms with Crippen LogP contribution in [0.15, 0.2) is 55.6 Å². The lowest BCUT2D eigenvalue weighted by Gasteiger charge is -2.34. The quantitative estimate of drug-likeness (QED) is 0.330. The van der Waals surface area contributed by atoms with Crippen molar-refractivity contribution in [1.29, 1.82) is 0 Å². The van der Waals surface area contributed by atoms with Gasteiger partial charge in [0.1, 0.15) is 29.5 Å². The summed E-state index contributed by atoms with van der Waals surface area (Å²) in [6.45, 7) is 8.50. The predicted octanol–water partition coefficient (Wildman–Crippen LogP) is 5.12. The van der Waals surface area contributed by atoms with Gasteiger partial charge in [0, 0.05) is 17.9 Å². The van der Waals surface area contributed by atoms with Crippen LogP contribution in [0.2, 0.25) is 0 Å². The number of cyclic esters (lactones) is 1. The third-order valence-electron chi connectivity index (χ3n) is 11.7. The zero-order valence-corrected chi connectivity index (χ0v) is 31.0. The van der Waals surface area contributed by atoms with Gasteiger partial charge in [-0.15, -0.1) is 6.58 Å². The van der Waals surface area contributed by atoms with Crippen LogP contribution in [0.4, 0.5) is 4.79 Å². The van der Waals surface area contributed by atoms with Crippen molar-refractivity contribution in [3.05, 3.63) is 61.2 Å². The molecule has 5 aliphatic rings. The first kappa shape index (κ1) is 36.9. The molecule has 2 heterocycles. The molecule has 1 unspecified atom stereocenters. The second-order valence-electron chi connectivity index (χ2n) is 15.4. The van der Waals surface area contributed by atoms with Crippen molar-refractivity contribution >= 4 is 50.2 Å². The van der Waals surface area contributed by atoms with E-state index in [9.17, 15) is 27.6 Å². The molecule has 284 valence electrons. The second kappa shape index (κ2) is 15.2. The highest BCUT2D eigenvalue weighted by Crippen LogP contribution is 2.46. The summed E-state index contributed by atoms with van der Waals surface area (Å²) in [5.41, 5.74) is 0.261. The van der Waals surface area contributed by atoms with Crippen molar-refractivity contribution < 1.29 is 37.1 Å². The van der Waals surface area contributed by atoms with Gasteiger partial charge in [-0.2, -0.15) is 0 Å². The maximum Gasteiger partial charge on any atom is 0.407 e. The highest BCUT2D eigenvalue weighted by Gasteiger charge is 2.62. The number of fused-ring (bicyclic) bond motifs is 5. The number of ether oxygens (including phenoxy) is 2. The van der Waals surface area contributed by atoms with Crippen LogP contribution in [0.3, 0.4) is 0 Å². The predicted molar refractivity (Wildman–Crippen MR) is 200 cm³/mol. The molecule has 5 atom stereocenters. The fourth-order valence-corrected chi connectivity index (χ4v) is 9.76. The third-order valence-corrected chi connectivity index (χ3v) is 13.5. The van der Waals surface area contributed by atoms with E-state index in [1.807, 2.05) is 36.4 Å². The average Bonchev–Trinajstić information content (AvgIpc) is 4.08. The Morgan fingerprint density at radius 1 is 0.981 bits per heavy atom. The van der Waals surface area contributed by atoms with Crippen molar-refractivity contribution in [3.8, 4) is 5.75 Å².